The van der Waals surface area contributed by atoms with E-state index in [1.54, 1.807) is 43.5 Å². The lowest BCUT2D eigenvalue weighted by molar-refractivity contribution is -0.120. The molecule has 2 amide bonds. The zero-order valence-corrected chi connectivity index (χ0v) is 19.7. The highest BCUT2D eigenvalue weighted by Gasteiger charge is 2.40. The summed E-state index contributed by atoms with van der Waals surface area (Å²) in [6, 6.07) is 20.0. The fourth-order valence-corrected chi connectivity index (χ4v) is 3.97. The van der Waals surface area contributed by atoms with E-state index in [1.807, 2.05) is 37.3 Å². The van der Waals surface area contributed by atoms with Gasteiger partial charge in [0.1, 0.15) is 11.4 Å². The normalized spacial score (nSPS) is 13.8. The van der Waals surface area contributed by atoms with Crippen LogP contribution in [0.25, 0.3) is 5.57 Å². The van der Waals surface area contributed by atoms with Gasteiger partial charge in [-0.25, -0.2) is 4.90 Å². The fourth-order valence-electron chi connectivity index (χ4n) is 3.79. The number of anilines is 2. The Morgan fingerprint density at radius 1 is 0.909 bits per heavy atom. The molecule has 0 unspecified atom stereocenters. The first kappa shape index (κ1) is 22.6. The molecule has 0 radical (unpaired) electrons. The van der Waals surface area contributed by atoms with Gasteiger partial charge in [0, 0.05) is 10.7 Å². The number of carbonyl (C=O) groups excluding carboxylic acids is 2. The number of nitrogens with zero attached hydrogens (tertiary/aromatic N) is 1. The van der Waals surface area contributed by atoms with E-state index in [0.717, 1.165) is 11.1 Å². The summed E-state index contributed by atoms with van der Waals surface area (Å²) in [5.41, 5.74) is 4.26. The van der Waals surface area contributed by atoms with E-state index in [0.29, 0.717) is 39.2 Å². The van der Waals surface area contributed by atoms with Gasteiger partial charge < -0.3 is 10.1 Å². The van der Waals surface area contributed by atoms with Crippen molar-refractivity contribution in [2.75, 3.05) is 17.3 Å². The van der Waals surface area contributed by atoms with E-state index >= 15 is 0 Å². The molecule has 1 aliphatic rings. The molecule has 1 N–H and O–H groups in total. The molecule has 1 heterocycles. The summed E-state index contributed by atoms with van der Waals surface area (Å²) in [6.45, 7) is 6.06. The van der Waals surface area contributed by atoms with E-state index in [-0.39, 0.29) is 11.6 Å². The minimum atomic E-state index is -0.414. The van der Waals surface area contributed by atoms with Crippen molar-refractivity contribution in [1.82, 2.24) is 0 Å². The molecule has 0 fully saturated rings. The Hall–Kier alpha value is -3.57. The van der Waals surface area contributed by atoms with Crippen LogP contribution in [0.2, 0.25) is 5.02 Å². The molecule has 5 nitrogen and oxygen atoms in total. The standard InChI is InChI=1S/C27H25ClN2O3/c1-16(2)18-8-12-20(13-9-18)30-26(31)24(19-10-14-21(33-4)15-11-19)25(27(30)32)29-23-7-5-6-22(28)17(23)3/h5-16,29H,1-4H3. The van der Waals surface area contributed by atoms with Crippen LogP contribution in [0, 0.1) is 6.92 Å². The molecule has 0 aliphatic carbocycles. The van der Waals surface area contributed by atoms with E-state index in [1.165, 1.54) is 4.90 Å². The molecule has 0 saturated heterocycles. The molecule has 0 bridgehead atoms. The summed E-state index contributed by atoms with van der Waals surface area (Å²) in [4.78, 5) is 28.4. The van der Waals surface area contributed by atoms with Gasteiger partial charge in [-0.1, -0.05) is 55.8 Å². The number of rotatable bonds is 6. The Morgan fingerprint density at radius 3 is 2.18 bits per heavy atom. The molecule has 168 valence electrons. The Labute approximate surface area is 198 Å². The Morgan fingerprint density at radius 2 is 1.58 bits per heavy atom. The predicted octanol–water partition coefficient (Wildman–Crippen LogP) is 6.18. The van der Waals surface area contributed by atoms with Crippen LogP contribution in [-0.4, -0.2) is 18.9 Å². The van der Waals surface area contributed by atoms with Crippen LogP contribution in [0.3, 0.4) is 0 Å². The Bertz CT molecular complexity index is 1250. The lowest BCUT2D eigenvalue weighted by Crippen LogP contribution is -2.32. The van der Waals surface area contributed by atoms with Crippen LogP contribution in [0.1, 0.15) is 36.5 Å². The highest BCUT2D eigenvalue weighted by atomic mass is 35.5. The zero-order valence-electron chi connectivity index (χ0n) is 19.0. The van der Waals surface area contributed by atoms with Gasteiger partial charge in [0.25, 0.3) is 11.8 Å². The zero-order chi connectivity index (χ0) is 23.7. The van der Waals surface area contributed by atoms with E-state index < -0.39 is 5.91 Å². The smallest absolute Gasteiger partial charge is 0.282 e. The highest BCUT2D eigenvalue weighted by Crippen LogP contribution is 2.36. The maximum absolute atomic E-state index is 13.6. The van der Waals surface area contributed by atoms with E-state index in [9.17, 15) is 9.59 Å². The second-order valence-electron chi connectivity index (χ2n) is 8.21. The van der Waals surface area contributed by atoms with Crippen LogP contribution >= 0.6 is 11.6 Å². The van der Waals surface area contributed by atoms with Crippen LogP contribution in [-0.2, 0) is 9.59 Å². The summed E-state index contributed by atoms with van der Waals surface area (Å²) < 4.78 is 5.24. The topological polar surface area (TPSA) is 58.6 Å². The van der Waals surface area contributed by atoms with E-state index in [4.69, 9.17) is 16.3 Å². The monoisotopic (exact) mass is 460 g/mol. The Balaban J connectivity index is 1.80. The molecule has 3 aromatic carbocycles. The first-order valence-electron chi connectivity index (χ1n) is 10.7. The van der Waals surface area contributed by atoms with Gasteiger partial charge in [-0.05, 0) is 65.9 Å². The number of methoxy groups -OCH3 is 1. The van der Waals surface area contributed by atoms with Gasteiger partial charge in [-0.2, -0.15) is 0 Å². The number of nitrogens with one attached hydrogen (secondary N) is 1. The van der Waals surface area contributed by atoms with Crippen molar-refractivity contribution in [2.45, 2.75) is 26.7 Å². The number of imide groups is 1. The fraction of sp³-hybridized carbons (Fsp3) is 0.185. The third-order valence-electron chi connectivity index (χ3n) is 5.81. The third-order valence-corrected chi connectivity index (χ3v) is 6.22. The summed E-state index contributed by atoms with van der Waals surface area (Å²) in [7, 11) is 1.58. The minimum absolute atomic E-state index is 0.212. The summed E-state index contributed by atoms with van der Waals surface area (Å²) >= 11 is 6.28. The average molecular weight is 461 g/mol. The molecule has 0 aromatic heterocycles. The number of carbonyl (C=O) groups is 2. The maximum atomic E-state index is 13.6. The third kappa shape index (κ3) is 4.24. The maximum Gasteiger partial charge on any atom is 0.282 e. The van der Waals surface area contributed by atoms with Crippen molar-refractivity contribution in [3.8, 4) is 5.75 Å². The lowest BCUT2D eigenvalue weighted by Gasteiger charge is -2.17. The molecule has 33 heavy (non-hydrogen) atoms. The van der Waals surface area contributed by atoms with Crippen molar-refractivity contribution in [3.63, 3.8) is 0 Å². The molecule has 6 heteroatoms. The van der Waals surface area contributed by atoms with Crippen LogP contribution in [0.4, 0.5) is 11.4 Å². The molecule has 3 aromatic rings. The van der Waals surface area contributed by atoms with Crippen molar-refractivity contribution in [2.24, 2.45) is 0 Å². The molecule has 0 atom stereocenters. The highest BCUT2D eigenvalue weighted by molar-refractivity contribution is 6.46. The quantitative estimate of drug-likeness (QED) is 0.446. The number of ether oxygens (including phenoxy) is 1. The minimum Gasteiger partial charge on any atom is -0.497 e. The Kier molecular flexibility index (Phi) is 6.25. The van der Waals surface area contributed by atoms with Gasteiger partial charge >= 0.3 is 0 Å². The predicted molar refractivity (Wildman–Crippen MR) is 133 cm³/mol. The second kappa shape index (κ2) is 9.12. The first-order chi connectivity index (χ1) is 15.8. The molecule has 4 rings (SSSR count). The molecule has 0 spiro atoms. The van der Waals surface area contributed by atoms with Gasteiger partial charge in [0.15, 0.2) is 0 Å². The van der Waals surface area contributed by atoms with Crippen molar-refractivity contribution >= 4 is 40.4 Å². The second-order valence-corrected chi connectivity index (χ2v) is 8.62. The molecular formula is C27H25ClN2O3. The number of halogens is 1. The first-order valence-corrected chi connectivity index (χ1v) is 11.1. The van der Waals surface area contributed by atoms with Crippen LogP contribution < -0.4 is 15.0 Å². The van der Waals surface area contributed by atoms with Crippen molar-refractivity contribution < 1.29 is 14.3 Å². The largest absolute Gasteiger partial charge is 0.497 e. The van der Waals surface area contributed by atoms with Gasteiger partial charge in [-0.15, -0.1) is 0 Å². The molecule has 0 saturated carbocycles. The lowest BCUT2D eigenvalue weighted by atomic mass is 10.0. The summed E-state index contributed by atoms with van der Waals surface area (Å²) in [5.74, 6) is 0.213. The van der Waals surface area contributed by atoms with Gasteiger partial charge in [-0.3, -0.25) is 9.59 Å². The summed E-state index contributed by atoms with van der Waals surface area (Å²) in [5, 5.41) is 3.76. The van der Waals surface area contributed by atoms with Crippen LogP contribution in [0.5, 0.6) is 5.75 Å². The average Bonchev–Trinajstić information content (AvgIpc) is 3.06. The van der Waals surface area contributed by atoms with Gasteiger partial charge in [0.05, 0.1) is 18.4 Å². The SMILES string of the molecule is COc1ccc(C2=C(Nc3cccc(Cl)c3C)C(=O)N(c3ccc(C(C)C)cc3)C2=O)cc1. The number of hydrogen-bond acceptors (Lipinski definition) is 4. The summed E-state index contributed by atoms with van der Waals surface area (Å²) in [6.07, 6.45) is 0. The van der Waals surface area contributed by atoms with Crippen LogP contribution in [0.15, 0.2) is 72.4 Å². The number of amides is 2. The van der Waals surface area contributed by atoms with Gasteiger partial charge in [0.2, 0.25) is 0 Å². The number of hydrogen-bond donors (Lipinski definition) is 1. The molecule has 1 aliphatic heterocycles. The number of benzene rings is 3. The van der Waals surface area contributed by atoms with Crippen molar-refractivity contribution in [3.05, 3.63) is 94.1 Å². The van der Waals surface area contributed by atoms with Crippen molar-refractivity contribution in [1.29, 1.82) is 0 Å². The molecular weight excluding hydrogens is 436 g/mol. The van der Waals surface area contributed by atoms with E-state index in [2.05, 4.69) is 19.2 Å².